The highest BCUT2D eigenvalue weighted by Gasteiger charge is 2.30. The maximum Gasteiger partial charge on any atom is 0.251 e. The summed E-state index contributed by atoms with van der Waals surface area (Å²) in [4.78, 5) is 26.9. The summed E-state index contributed by atoms with van der Waals surface area (Å²) in [5.74, 6) is -0.467. The van der Waals surface area contributed by atoms with Crippen LogP contribution in [0.1, 0.15) is 25.7 Å². The van der Waals surface area contributed by atoms with Crippen LogP contribution in [0.2, 0.25) is 0 Å². The molecule has 6 nitrogen and oxygen atoms in total. The van der Waals surface area contributed by atoms with Crippen molar-refractivity contribution in [3.8, 4) is 0 Å². The van der Waals surface area contributed by atoms with Gasteiger partial charge in [0.15, 0.2) is 0 Å². The van der Waals surface area contributed by atoms with Crippen LogP contribution in [0.15, 0.2) is 0 Å². The van der Waals surface area contributed by atoms with E-state index in [9.17, 15) is 14.7 Å². The molecule has 2 aliphatic heterocycles. The van der Waals surface area contributed by atoms with E-state index in [0.717, 1.165) is 19.6 Å². The van der Waals surface area contributed by atoms with Crippen LogP contribution in [0, 0.1) is 0 Å². The molecule has 2 fully saturated rings. The van der Waals surface area contributed by atoms with Gasteiger partial charge in [0.2, 0.25) is 5.91 Å². The Morgan fingerprint density at radius 3 is 2.63 bits per heavy atom. The molecule has 2 amide bonds. The number of carbonyl (C=O) groups is 2. The van der Waals surface area contributed by atoms with Gasteiger partial charge >= 0.3 is 0 Å². The predicted molar refractivity (Wildman–Crippen MR) is 70.5 cm³/mol. The van der Waals surface area contributed by atoms with E-state index in [1.54, 1.807) is 0 Å². The third-order valence-corrected chi connectivity index (χ3v) is 3.80. The Bertz CT molecular complexity index is 329. The lowest BCUT2D eigenvalue weighted by Gasteiger charge is -2.26. The van der Waals surface area contributed by atoms with Crippen LogP contribution in [0.25, 0.3) is 0 Å². The maximum atomic E-state index is 11.7. The van der Waals surface area contributed by atoms with Gasteiger partial charge in [0.1, 0.15) is 6.10 Å². The molecule has 2 aliphatic rings. The van der Waals surface area contributed by atoms with Crippen LogP contribution in [-0.2, 0) is 9.59 Å². The number of hydrogen-bond acceptors (Lipinski definition) is 4. The van der Waals surface area contributed by atoms with Crippen molar-refractivity contribution in [2.24, 2.45) is 0 Å². The number of piperidine rings is 1. The molecule has 6 heteroatoms. The molecule has 0 aliphatic carbocycles. The summed E-state index contributed by atoms with van der Waals surface area (Å²) in [7, 11) is 0. The SMILES string of the molecule is O=C(CN1CCC(O)C1=O)NCCN1CCCCC1. The number of nitrogens with one attached hydrogen (secondary N) is 1. The molecule has 19 heavy (non-hydrogen) atoms. The van der Waals surface area contributed by atoms with Gasteiger partial charge < -0.3 is 20.2 Å². The lowest BCUT2D eigenvalue weighted by Crippen LogP contribution is -2.42. The first-order valence-corrected chi connectivity index (χ1v) is 7.13. The summed E-state index contributed by atoms with van der Waals surface area (Å²) >= 11 is 0. The molecule has 2 saturated heterocycles. The quantitative estimate of drug-likeness (QED) is 0.684. The molecule has 0 aromatic heterocycles. The van der Waals surface area contributed by atoms with Gasteiger partial charge in [-0.25, -0.2) is 0 Å². The topological polar surface area (TPSA) is 72.9 Å². The van der Waals surface area contributed by atoms with Crippen LogP contribution >= 0.6 is 0 Å². The number of likely N-dealkylation sites (tertiary alicyclic amines) is 2. The number of hydrogen-bond donors (Lipinski definition) is 2. The maximum absolute atomic E-state index is 11.7. The molecule has 1 unspecified atom stereocenters. The van der Waals surface area contributed by atoms with E-state index in [4.69, 9.17) is 0 Å². The molecule has 2 heterocycles. The van der Waals surface area contributed by atoms with Gasteiger partial charge in [-0.15, -0.1) is 0 Å². The number of amides is 2. The minimum absolute atomic E-state index is 0.0654. The van der Waals surface area contributed by atoms with Gasteiger partial charge in [-0.3, -0.25) is 9.59 Å². The van der Waals surface area contributed by atoms with E-state index < -0.39 is 6.10 Å². The lowest BCUT2D eigenvalue weighted by molar-refractivity contribution is -0.137. The molecule has 0 bridgehead atoms. The third kappa shape index (κ3) is 4.18. The predicted octanol–water partition coefficient (Wildman–Crippen LogP) is -0.818. The Morgan fingerprint density at radius 1 is 1.26 bits per heavy atom. The highest BCUT2D eigenvalue weighted by atomic mass is 16.3. The smallest absolute Gasteiger partial charge is 0.251 e. The monoisotopic (exact) mass is 269 g/mol. The Morgan fingerprint density at radius 2 is 2.00 bits per heavy atom. The molecule has 0 spiro atoms. The average molecular weight is 269 g/mol. The zero-order chi connectivity index (χ0) is 13.7. The van der Waals surface area contributed by atoms with Gasteiger partial charge in [-0.05, 0) is 32.4 Å². The number of aliphatic hydroxyl groups excluding tert-OH is 1. The first-order chi connectivity index (χ1) is 9.16. The molecule has 2 N–H and O–H groups in total. The van der Waals surface area contributed by atoms with Gasteiger partial charge in [-0.2, -0.15) is 0 Å². The Labute approximate surface area is 113 Å². The number of carbonyl (C=O) groups excluding carboxylic acids is 2. The van der Waals surface area contributed by atoms with E-state index in [0.29, 0.717) is 19.5 Å². The molecule has 0 aromatic carbocycles. The Kier molecular flexibility index (Phi) is 5.15. The molecule has 0 saturated carbocycles. The molecule has 1 atom stereocenters. The van der Waals surface area contributed by atoms with E-state index >= 15 is 0 Å². The standard InChI is InChI=1S/C13H23N3O3/c17-11-4-8-16(13(11)19)10-12(18)14-5-9-15-6-2-1-3-7-15/h11,17H,1-10H2,(H,14,18). The lowest BCUT2D eigenvalue weighted by atomic mass is 10.1. The van der Waals surface area contributed by atoms with Crippen molar-refractivity contribution < 1.29 is 14.7 Å². The van der Waals surface area contributed by atoms with Gasteiger partial charge in [0.25, 0.3) is 5.91 Å². The summed E-state index contributed by atoms with van der Waals surface area (Å²) < 4.78 is 0. The van der Waals surface area contributed by atoms with Crippen molar-refractivity contribution >= 4 is 11.8 Å². The summed E-state index contributed by atoms with van der Waals surface area (Å²) in [6.45, 7) is 4.28. The summed E-state index contributed by atoms with van der Waals surface area (Å²) in [5, 5.41) is 12.1. The number of rotatable bonds is 5. The van der Waals surface area contributed by atoms with Crippen molar-refractivity contribution in [3.63, 3.8) is 0 Å². The van der Waals surface area contributed by atoms with Crippen LogP contribution in [0.4, 0.5) is 0 Å². The van der Waals surface area contributed by atoms with Crippen molar-refractivity contribution in [1.82, 2.24) is 15.1 Å². The molecule has 2 rings (SSSR count). The molecule has 0 aromatic rings. The minimum atomic E-state index is -0.916. The van der Waals surface area contributed by atoms with Crippen molar-refractivity contribution in [3.05, 3.63) is 0 Å². The van der Waals surface area contributed by atoms with Gasteiger partial charge in [0, 0.05) is 19.6 Å². The zero-order valence-corrected chi connectivity index (χ0v) is 11.3. The van der Waals surface area contributed by atoms with E-state index in [-0.39, 0.29) is 18.4 Å². The fourth-order valence-corrected chi connectivity index (χ4v) is 2.65. The van der Waals surface area contributed by atoms with E-state index in [2.05, 4.69) is 10.2 Å². The first-order valence-electron chi connectivity index (χ1n) is 7.13. The second-order valence-electron chi connectivity index (χ2n) is 5.32. The number of nitrogens with zero attached hydrogens (tertiary/aromatic N) is 2. The summed E-state index contributed by atoms with van der Waals surface area (Å²) in [6, 6.07) is 0. The second-order valence-corrected chi connectivity index (χ2v) is 5.32. The Hall–Kier alpha value is -1.14. The van der Waals surface area contributed by atoms with E-state index in [1.807, 2.05) is 0 Å². The van der Waals surface area contributed by atoms with Crippen molar-refractivity contribution in [2.75, 3.05) is 39.3 Å². The highest BCUT2D eigenvalue weighted by molar-refractivity contribution is 5.88. The average Bonchev–Trinajstić information content (AvgIpc) is 2.72. The van der Waals surface area contributed by atoms with Crippen LogP contribution in [0.5, 0.6) is 0 Å². The fraction of sp³-hybridized carbons (Fsp3) is 0.846. The highest BCUT2D eigenvalue weighted by Crippen LogP contribution is 2.10. The van der Waals surface area contributed by atoms with E-state index in [1.165, 1.54) is 24.2 Å². The summed E-state index contributed by atoms with van der Waals surface area (Å²) in [5.41, 5.74) is 0. The van der Waals surface area contributed by atoms with Crippen molar-refractivity contribution in [2.45, 2.75) is 31.8 Å². The largest absolute Gasteiger partial charge is 0.383 e. The van der Waals surface area contributed by atoms with Crippen molar-refractivity contribution in [1.29, 1.82) is 0 Å². The molecule has 108 valence electrons. The normalized spacial score (nSPS) is 24.8. The number of aliphatic hydroxyl groups is 1. The Balaban J connectivity index is 1.60. The second kappa shape index (κ2) is 6.86. The third-order valence-electron chi connectivity index (χ3n) is 3.80. The molecular formula is C13H23N3O3. The van der Waals surface area contributed by atoms with Gasteiger partial charge in [-0.1, -0.05) is 6.42 Å². The molecule has 0 radical (unpaired) electrons. The van der Waals surface area contributed by atoms with Gasteiger partial charge in [0.05, 0.1) is 6.54 Å². The van der Waals surface area contributed by atoms with Crippen LogP contribution in [0.3, 0.4) is 0 Å². The minimum Gasteiger partial charge on any atom is -0.383 e. The zero-order valence-electron chi connectivity index (χ0n) is 11.3. The summed E-state index contributed by atoms with van der Waals surface area (Å²) in [6.07, 6.45) is 3.31. The first kappa shape index (κ1) is 14.3. The fourth-order valence-electron chi connectivity index (χ4n) is 2.65. The van der Waals surface area contributed by atoms with Crippen LogP contribution < -0.4 is 5.32 Å². The molecular weight excluding hydrogens is 246 g/mol. The van der Waals surface area contributed by atoms with Crippen LogP contribution in [-0.4, -0.2) is 72.1 Å².